The van der Waals surface area contributed by atoms with Gasteiger partial charge in [-0.2, -0.15) is 5.10 Å². The molecule has 1 heterocycles. The van der Waals surface area contributed by atoms with Crippen LogP contribution in [0.2, 0.25) is 0 Å². The first-order valence-corrected chi connectivity index (χ1v) is 14.4. The van der Waals surface area contributed by atoms with E-state index in [1.54, 1.807) is 12.1 Å². The zero-order chi connectivity index (χ0) is 29.1. The highest BCUT2D eigenvalue weighted by Crippen LogP contribution is 2.41. The van der Waals surface area contributed by atoms with E-state index in [1.165, 1.54) is 17.7 Å². The predicted molar refractivity (Wildman–Crippen MR) is 166 cm³/mol. The minimum atomic E-state index is -0.267. The van der Waals surface area contributed by atoms with E-state index >= 15 is 0 Å². The molecule has 2 atom stereocenters. The summed E-state index contributed by atoms with van der Waals surface area (Å²) in [7, 11) is 0. The van der Waals surface area contributed by atoms with E-state index in [4.69, 9.17) is 0 Å². The van der Waals surface area contributed by atoms with Gasteiger partial charge in [-0.25, -0.2) is 13.9 Å². The molecule has 5 aromatic rings. The first-order valence-electron chi connectivity index (χ1n) is 14.4. The Bertz CT molecular complexity index is 1650. The highest BCUT2D eigenvalue weighted by molar-refractivity contribution is 5.87. The van der Waals surface area contributed by atoms with Gasteiger partial charge in [0.05, 0.1) is 23.4 Å². The summed E-state index contributed by atoms with van der Waals surface area (Å²) in [6.45, 7) is 11.5. The molecule has 6 heteroatoms. The molecule has 5 nitrogen and oxygen atoms in total. The fourth-order valence-electron chi connectivity index (χ4n) is 5.82. The molecule has 2 amide bonds. The highest BCUT2D eigenvalue weighted by atomic mass is 19.1. The van der Waals surface area contributed by atoms with Crippen molar-refractivity contribution in [3.63, 3.8) is 0 Å². The zero-order valence-electron chi connectivity index (χ0n) is 24.5. The average molecular weight is 551 g/mol. The molecule has 0 saturated carbocycles. The van der Waals surface area contributed by atoms with Crippen LogP contribution in [0.25, 0.3) is 27.4 Å². The SMILES string of the molecule is CC(C)CC(c1ccc2c(cnn2-c2ccc(F)cc2)c1)C(C)(C)CNC(=O)NC(C)c1cccc2ccccc12. The predicted octanol–water partition coefficient (Wildman–Crippen LogP) is 8.53. The molecule has 0 bridgehead atoms. The van der Waals surface area contributed by atoms with Crippen molar-refractivity contribution in [3.8, 4) is 5.69 Å². The fraction of sp³-hybridized carbons (Fsp3) is 0.314. The first-order chi connectivity index (χ1) is 19.6. The van der Waals surface area contributed by atoms with Crippen LogP contribution in [0.4, 0.5) is 9.18 Å². The van der Waals surface area contributed by atoms with Crippen molar-refractivity contribution in [1.82, 2.24) is 20.4 Å². The Morgan fingerprint density at radius 1 is 0.927 bits per heavy atom. The van der Waals surface area contributed by atoms with Gasteiger partial charge in [0, 0.05) is 11.9 Å². The van der Waals surface area contributed by atoms with Gasteiger partial charge in [0.2, 0.25) is 0 Å². The van der Waals surface area contributed by atoms with E-state index in [2.05, 4.69) is 85.9 Å². The number of aromatic nitrogens is 2. The second-order valence-electron chi connectivity index (χ2n) is 12.1. The average Bonchev–Trinajstić information content (AvgIpc) is 3.38. The maximum Gasteiger partial charge on any atom is 0.315 e. The first kappa shape index (κ1) is 28.3. The van der Waals surface area contributed by atoms with Gasteiger partial charge in [-0.05, 0) is 88.9 Å². The number of rotatable bonds is 9. The third kappa shape index (κ3) is 6.27. The number of nitrogens with one attached hydrogen (secondary N) is 2. The van der Waals surface area contributed by atoms with Gasteiger partial charge >= 0.3 is 6.03 Å². The molecule has 0 fully saturated rings. The molecule has 41 heavy (non-hydrogen) atoms. The smallest absolute Gasteiger partial charge is 0.315 e. The van der Waals surface area contributed by atoms with Crippen molar-refractivity contribution >= 4 is 27.7 Å². The number of nitrogens with zero attached hydrogens (tertiary/aromatic N) is 2. The molecule has 2 unspecified atom stereocenters. The lowest BCUT2D eigenvalue weighted by Gasteiger charge is -2.36. The minimum absolute atomic E-state index is 0.129. The number of hydrogen-bond donors (Lipinski definition) is 2. The summed E-state index contributed by atoms with van der Waals surface area (Å²) in [4.78, 5) is 13.1. The van der Waals surface area contributed by atoms with E-state index in [0.717, 1.165) is 39.3 Å². The lowest BCUT2D eigenvalue weighted by atomic mass is 9.71. The maximum absolute atomic E-state index is 13.4. The van der Waals surface area contributed by atoms with Crippen LogP contribution < -0.4 is 10.6 Å². The quantitative estimate of drug-likeness (QED) is 0.193. The Balaban J connectivity index is 1.31. The molecule has 0 saturated heterocycles. The standard InChI is InChI=1S/C35H39FN4O/c1-23(2)19-32(26-13-18-33-27(20-26)21-38-40(33)29-16-14-28(36)15-17-29)35(4,5)22-37-34(41)39-24(3)30-12-8-10-25-9-6-7-11-31(25)30/h6-18,20-21,23-24,32H,19,22H2,1-5H3,(H2,37,39,41). The van der Waals surface area contributed by atoms with Crippen LogP contribution in [-0.4, -0.2) is 22.4 Å². The second-order valence-corrected chi connectivity index (χ2v) is 12.1. The normalized spacial score (nSPS) is 13.4. The number of urea groups is 1. The van der Waals surface area contributed by atoms with Crippen molar-refractivity contribution in [1.29, 1.82) is 0 Å². The summed E-state index contributed by atoms with van der Waals surface area (Å²) in [5.74, 6) is 0.436. The summed E-state index contributed by atoms with van der Waals surface area (Å²) in [6, 6.07) is 27.0. The second kappa shape index (κ2) is 11.7. The Kier molecular flexibility index (Phi) is 8.11. The summed E-state index contributed by atoms with van der Waals surface area (Å²) in [5.41, 5.74) is 3.92. The number of fused-ring (bicyclic) bond motifs is 2. The summed E-state index contributed by atoms with van der Waals surface area (Å²) >= 11 is 0. The van der Waals surface area contributed by atoms with E-state index < -0.39 is 0 Å². The van der Waals surface area contributed by atoms with Crippen LogP contribution in [0, 0.1) is 17.2 Å². The molecular formula is C35H39FN4O. The van der Waals surface area contributed by atoms with Gasteiger partial charge in [0.1, 0.15) is 5.82 Å². The van der Waals surface area contributed by atoms with Gasteiger partial charge < -0.3 is 10.6 Å². The molecule has 0 aliphatic carbocycles. The van der Waals surface area contributed by atoms with Crippen LogP contribution in [0.1, 0.15) is 64.1 Å². The number of carbonyl (C=O) groups is 1. The molecule has 5 rings (SSSR count). The van der Waals surface area contributed by atoms with Crippen LogP contribution in [-0.2, 0) is 0 Å². The number of carbonyl (C=O) groups excluding carboxylic acids is 1. The molecule has 0 spiro atoms. The third-order valence-corrected chi connectivity index (χ3v) is 8.06. The molecule has 4 aromatic carbocycles. The molecule has 0 radical (unpaired) electrons. The monoisotopic (exact) mass is 550 g/mol. The van der Waals surface area contributed by atoms with Gasteiger partial charge in [-0.15, -0.1) is 0 Å². The minimum Gasteiger partial charge on any atom is -0.338 e. The number of hydrogen-bond acceptors (Lipinski definition) is 2. The Labute approximate surface area is 241 Å². The summed E-state index contributed by atoms with van der Waals surface area (Å²) in [6.07, 6.45) is 2.85. The van der Waals surface area contributed by atoms with Crippen LogP contribution >= 0.6 is 0 Å². The number of halogens is 1. The van der Waals surface area contributed by atoms with Gasteiger partial charge in [0.15, 0.2) is 0 Å². The van der Waals surface area contributed by atoms with Crippen molar-refractivity contribution < 1.29 is 9.18 Å². The van der Waals surface area contributed by atoms with Crippen molar-refractivity contribution in [2.75, 3.05) is 6.54 Å². The van der Waals surface area contributed by atoms with Crippen molar-refractivity contribution in [2.45, 2.75) is 53.0 Å². The molecule has 0 aliphatic heterocycles. The zero-order valence-corrected chi connectivity index (χ0v) is 24.5. The van der Waals surface area contributed by atoms with Gasteiger partial charge in [0.25, 0.3) is 0 Å². The Morgan fingerprint density at radius 3 is 2.41 bits per heavy atom. The van der Waals surface area contributed by atoms with Crippen LogP contribution in [0.5, 0.6) is 0 Å². The lowest BCUT2D eigenvalue weighted by molar-refractivity contribution is 0.215. The topological polar surface area (TPSA) is 59.0 Å². The fourth-order valence-corrected chi connectivity index (χ4v) is 5.82. The maximum atomic E-state index is 13.4. The molecule has 2 N–H and O–H groups in total. The van der Waals surface area contributed by atoms with Gasteiger partial charge in [-0.1, -0.05) is 76.2 Å². The van der Waals surface area contributed by atoms with Crippen molar-refractivity contribution in [3.05, 3.63) is 108 Å². The third-order valence-electron chi connectivity index (χ3n) is 8.06. The summed E-state index contributed by atoms with van der Waals surface area (Å²) < 4.78 is 15.3. The molecule has 212 valence electrons. The van der Waals surface area contributed by atoms with E-state index in [1.807, 2.05) is 36.0 Å². The van der Waals surface area contributed by atoms with Gasteiger partial charge in [-0.3, -0.25) is 0 Å². The van der Waals surface area contributed by atoms with Crippen LogP contribution in [0.15, 0.2) is 91.1 Å². The Morgan fingerprint density at radius 2 is 1.66 bits per heavy atom. The lowest BCUT2D eigenvalue weighted by Crippen LogP contribution is -2.43. The van der Waals surface area contributed by atoms with E-state index in [9.17, 15) is 9.18 Å². The highest BCUT2D eigenvalue weighted by Gasteiger charge is 2.32. The number of benzene rings is 4. The molecule has 0 aliphatic rings. The van der Waals surface area contributed by atoms with E-state index in [-0.39, 0.29) is 29.2 Å². The molecule has 1 aromatic heterocycles. The largest absolute Gasteiger partial charge is 0.338 e. The van der Waals surface area contributed by atoms with E-state index in [0.29, 0.717) is 12.5 Å². The molecular weight excluding hydrogens is 511 g/mol. The Hall–Kier alpha value is -4.19. The number of amides is 2. The van der Waals surface area contributed by atoms with Crippen molar-refractivity contribution in [2.24, 2.45) is 11.3 Å². The summed E-state index contributed by atoms with van der Waals surface area (Å²) in [5, 5.41) is 14.2. The van der Waals surface area contributed by atoms with Crippen LogP contribution in [0.3, 0.4) is 0 Å².